The van der Waals surface area contributed by atoms with Gasteiger partial charge in [0.25, 0.3) is 5.91 Å². The van der Waals surface area contributed by atoms with E-state index >= 15 is 0 Å². The van der Waals surface area contributed by atoms with Crippen LogP contribution in [0.3, 0.4) is 0 Å². The highest BCUT2D eigenvalue weighted by molar-refractivity contribution is 9.10. The van der Waals surface area contributed by atoms with Gasteiger partial charge in [0.1, 0.15) is 6.04 Å². The Hall–Kier alpha value is -0.880. The Labute approximate surface area is 103 Å². The predicted octanol–water partition coefficient (Wildman–Crippen LogP) is 1.59. The maximum Gasteiger partial charge on any atom is 0.258 e. The van der Waals surface area contributed by atoms with E-state index in [0.717, 1.165) is 28.7 Å². The number of nitrogens with zero attached hydrogens (tertiary/aromatic N) is 2. The van der Waals surface area contributed by atoms with Crippen LogP contribution in [0.15, 0.2) is 4.47 Å². The van der Waals surface area contributed by atoms with Gasteiger partial charge in [0, 0.05) is 0 Å². The molecule has 1 aromatic rings. The molecular weight excluding hydrogens is 272 g/mol. The molecule has 1 unspecified atom stereocenters. The summed E-state index contributed by atoms with van der Waals surface area (Å²) in [7, 11) is 0. The van der Waals surface area contributed by atoms with E-state index < -0.39 is 0 Å². The first-order valence-corrected chi connectivity index (χ1v) is 6.03. The van der Waals surface area contributed by atoms with Crippen molar-refractivity contribution in [1.82, 2.24) is 15.2 Å². The number of hydrogen-bond donors (Lipinski definition) is 2. The molecule has 0 aliphatic carbocycles. The van der Waals surface area contributed by atoms with Crippen LogP contribution in [0.5, 0.6) is 0 Å². The average Bonchev–Trinajstić information content (AvgIpc) is 2.53. The van der Waals surface area contributed by atoms with E-state index in [4.69, 9.17) is 5.84 Å². The maximum atomic E-state index is 11.7. The van der Waals surface area contributed by atoms with E-state index in [1.807, 2.05) is 20.8 Å². The molecule has 0 radical (unpaired) electrons. The molecule has 3 N–H and O–H groups in total. The average molecular weight is 289 g/mol. The van der Waals surface area contributed by atoms with Gasteiger partial charge in [-0.2, -0.15) is 5.10 Å². The van der Waals surface area contributed by atoms with Gasteiger partial charge in [-0.05, 0) is 36.2 Å². The number of hydrazine groups is 1. The van der Waals surface area contributed by atoms with Gasteiger partial charge >= 0.3 is 0 Å². The highest BCUT2D eigenvalue weighted by Crippen LogP contribution is 2.24. The fourth-order valence-corrected chi connectivity index (χ4v) is 1.94. The SMILES string of the molecule is CCCC(C(=O)NN)n1nc(C)c(Br)c1C. The lowest BCUT2D eigenvalue weighted by Crippen LogP contribution is -2.37. The van der Waals surface area contributed by atoms with E-state index in [9.17, 15) is 4.79 Å². The number of rotatable bonds is 4. The summed E-state index contributed by atoms with van der Waals surface area (Å²) in [5.41, 5.74) is 4.01. The van der Waals surface area contributed by atoms with Gasteiger partial charge in [0.2, 0.25) is 0 Å². The molecule has 0 aliphatic heterocycles. The number of carbonyl (C=O) groups excluding carboxylic acids is 1. The first kappa shape index (κ1) is 13.2. The lowest BCUT2D eigenvalue weighted by atomic mass is 10.1. The largest absolute Gasteiger partial charge is 0.292 e. The van der Waals surface area contributed by atoms with Crippen molar-refractivity contribution < 1.29 is 4.79 Å². The van der Waals surface area contributed by atoms with Crippen LogP contribution in [0.1, 0.15) is 37.2 Å². The Balaban J connectivity index is 3.10. The summed E-state index contributed by atoms with van der Waals surface area (Å²) in [6.07, 6.45) is 1.62. The summed E-state index contributed by atoms with van der Waals surface area (Å²) < 4.78 is 2.67. The van der Waals surface area contributed by atoms with Gasteiger partial charge in [-0.15, -0.1) is 0 Å². The minimum absolute atomic E-state index is 0.208. The number of aryl methyl sites for hydroxylation is 1. The molecule has 6 heteroatoms. The summed E-state index contributed by atoms with van der Waals surface area (Å²) in [4.78, 5) is 11.7. The molecule has 1 rings (SSSR count). The van der Waals surface area contributed by atoms with Crippen molar-refractivity contribution in [1.29, 1.82) is 0 Å². The van der Waals surface area contributed by atoms with Crippen molar-refractivity contribution in [3.63, 3.8) is 0 Å². The topological polar surface area (TPSA) is 72.9 Å². The molecule has 0 bridgehead atoms. The fourth-order valence-electron chi connectivity index (χ4n) is 1.68. The standard InChI is InChI=1S/C10H17BrN4O/c1-4-5-8(10(16)13-12)15-7(3)9(11)6(2)14-15/h8H,4-5,12H2,1-3H3,(H,13,16). The summed E-state index contributed by atoms with van der Waals surface area (Å²) in [6, 6.07) is -0.333. The van der Waals surface area contributed by atoms with Crippen LogP contribution in [-0.4, -0.2) is 15.7 Å². The zero-order valence-corrected chi connectivity index (χ0v) is 11.3. The van der Waals surface area contributed by atoms with Crippen LogP contribution in [0, 0.1) is 13.8 Å². The van der Waals surface area contributed by atoms with Gasteiger partial charge in [-0.1, -0.05) is 13.3 Å². The number of nitrogens with two attached hydrogens (primary N) is 1. The Kier molecular flexibility index (Phi) is 4.49. The van der Waals surface area contributed by atoms with Crippen molar-refractivity contribution in [3.8, 4) is 0 Å². The summed E-state index contributed by atoms with van der Waals surface area (Å²) in [6.45, 7) is 5.85. The van der Waals surface area contributed by atoms with Gasteiger partial charge in [0.15, 0.2) is 0 Å². The lowest BCUT2D eigenvalue weighted by Gasteiger charge is -2.16. The highest BCUT2D eigenvalue weighted by atomic mass is 79.9. The molecule has 5 nitrogen and oxygen atoms in total. The first-order valence-electron chi connectivity index (χ1n) is 5.24. The Bertz CT molecular complexity index is 388. The molecular formula is C10H17BrN4O. The van der Waals surface area contributed by atoms with E-state index in [1.165, 1.54) is 0 Å². The van der Waals surface area contributed by atoms with Crippen LogP contribution in [-0.2, 0) is 4.79 Å². The quantitative estimate of drug-likeness (QED) is 0.502. The Morgan fingerprint density at radius 3 is 2.62 bits per heavy atom. The van der Waals surface area contributed by atoms with Crippen LogP contribution < -0.4 is 11.3 Å². The molecule has 0 spiro atoms. The molecule has 0 aliphatic rings. The zero-order valence-electron chi connectivity index (χ0n) is 9.75. The van der Waals surface area contributed by atoms with Gasteiger partial charge < -0.3 is 0 Å². The van der Waals surface area contributed by atoms with Crippen molar-refractivity contribution in [2.45, 2.75) is 39.7 Å². The number of aromatic nitrogens is 2. The van der Waals surface area contributed by atoms with Crippen molar-refractivity contribution in [2.24, 2.45) is 5.84 Å². The predicted molar refractivity (Wildman–Crippen MR) is 65.7 cm³/mol. The fraction of sp³-hybridized carbons (Fsp3) is 0.600. The number of hydrogen-bond acceptors (Lipinski definition) is 3. The second-order valence-corrected chi connectivity index (χ2v) is 4.54. The summed E-state index contributed by atoms with van der Waals surface area (Å²) in [5.74, 6) is 4.97. The third-order valence-corrected chi connectivity index (χ3v) is 3.69. The summed E-state index contributed by atoms with van der Waals surface area (Å²) >= 11 is 3.44. The van der Waals surface area contributed by atoms with Crippen molar-refractivity contribution >= 4 is 21.8 Å². The van der Waals surface area contributed by atoms with Crippen LogP contribution in [0.4, 0.5) is 0 Å². The van der Waals surface area contributed by atoms with E-state index in [2.05, 4.69) is 26.5 Å². The number of nitrogens with one attached hydrogen (secondary N) is 1. The van der Waals surface area contributed by atoms with Crippen LogP contribution in [0.25, 0.3) is 0 Å². The number of halogens is 1. The molecule has 1 amide bonds. The molecule has 90 valence electrons. The molecule has 16 heavy (non-hydrogen) atoms. The second-order valence-electron chi connectivity index (χ2n) is 3.74. The van der Waals surface area contributed by atoms with Gasteiger partial charge in [-0.3, -0.25) is 14.9 Å². The van der Waals surface area contributed by atoms with E-state index in [-0.39, 0.29) is 11.9 Å². The molecule has 0 saturated carbocycles. The van der Waals surface area contributed by atoms with Gasteiger partial charge in [0.05, 0.1) is 15.9 Å². The Morgan fingerprint density at radius 1 is 1.62 bits per heavy atom. The maximum absolute atomic E-state index is 11.7. The highest BCUT2D eigenvalue weighted by Gasteiger charge is 2.23. The second kappa shape index (κ2) is 5.45. The first-order chi connectivity index (χ1) is 7.52. The van der Waals surface area contributed by atoms with E-state index in [0.29, 0.717) is 0 Å². The molecule has 1 heterocycles. The minimum atomic E-state index is -0.333. The number of amides is 1. The minimum Gasteiger partial charge on any atom is -0.292 e. The smallest absolute Gasteiger partial charge is 0.258 e. The summed E-state index contributed by atoms with van der Waals surface area (Å²) in [5, 5.41) is 4.35. The third-order valence-electron chi connectivity index (χ3n) is 2.54. The normalized spacial score (nSPS) is 12.6. The van der Waals surface area contributed by atoms with Gasteiger partial charge in [-0.25, -0.2) is 5.84 Å². The van der Waals surface area contributed by atoms with E-state index in [1.54, 1.807) is 4.68 Å². The molecule has 0 saturated heterocycles. The molecule has 0 aromatic carbocycles. The van der Waals surface area contributed by atoms with Crippen molar-refractivity contribution in [2.75, 3.05) is 0 Å². The monoisotopic (exact) mass is 288 g/mol. The lowest BCUT2D eigenvalue weighted by molar-refractivity contribution is -0.124. The van der Waals surface area contributed by atoms with Crippen LogP contribution >= 0.6 is 15.9 Å². The zero-order chi connectivity index (χ0) is 12.3. The number of carbonyl (C=O) groups is 1. The molecule has 0 fully saturated rings. The van der Waals surface area contributed by atoms with Crippen LogP contribution in [0.2, 0.25) is 0 Å². The van der Waals surface area contributed by atoms with Crippen molar-refractivity contribution in [3.05, 3.63) is 15.9 Å². The molecule has 1 aromatic heterocycles. The Morgan fingerprint density at radius 2 is 2.25 bits per heavy atom. The molecule has 1 atom stereocenters. The third kappa shape index (κ3) is 2.44.